The highest BCUT2D eigenvalue weighted by Crippen LogP contribution is 2.15. The molecular formula is C23H26N4O. The second-order valence-corrected chi connectivity index (χ2v) is 7.39. The Kier molecular flexibility index (Phi) is 5.53. The van der Waals surface area contributed by atoms with Crippen molar-refractivity contribution in [3.8, 4) is 0 Å². The normalized spacial score (nSPS) is 14.3. The molecule has 0 radical (unpaired) electrons. The van der Waals surface area contributed by atoms with Crippen molar-refractivity contribution in [3.05, 3.63) is 89.0 Å². The molecular weight excluding hydrogens is 348 g/mol. The van der Waals surface area contributed by atoms with Crippen molar-refractivity contribution in [1.29, 1.82) is 0 Å². The number of aryl methyl sites for hydroxylation is 1. The quantitative estimate of drug-likeness (QED) is 0.746. The van der Waals surface area contributed by atoms with E-state index in [1.165, 1.54) is 11.1 Å². The average molecular weight is 374 g/mol. The van der Waals surface area contributed by atoms with E-state index < -0.39 is 0 Å². The third-order valence-corrected chi connectivity index (χ3v) is 5.25. The van der Waals surface area contributed by atoms with Crippen molar-refractivity contribution in [2.45, 2.75) is 33.0 Å². The molecule has 1 aromatic heterocycles. The van der Waals surface area contributed by atoms with Gasteiger partial charge in [0.15, 0.2) is 0 Å². The molecule has 0 aliphatic carbocycles. The molecule has 0 fully saturated rings. The summed E-state index contributed by atoms with van der Waals surface area (Å²) in [6.45, 7) is 6.24. The number of rotatable bonds is 5. The minimum absolute atomic E-state index is 0.0604. The molecule has 1 amide bonds. The monoisotopic (exact) mass is 374 g/mol. The van der Waals surface area contributed by atoms with Crippen molar-refractivity contribution < 1.29 is 4.79 Å². The number of aromatic nitrogens is 2. The summed E-state index contributed by atoms with van der Waals surface area (Å²) in [5.74, 6) is 0.936. The van der Waals surface area contributed by atoms with E-state index in [4.69, 9.17) is 0 Å². The minimum Gasteiger partial charge on any atom is -0.347 e. The third-order valence-electron chi connectivity index (χ3n) is 5.25. The first-order valence-corrected chi connectivity index (χ1v) is 9.83. The summed E-state index contributed by atoms with van der Waals surface area (Å²) in [4.78, 5) is 19.7. The van der Waals surface area contributed by atoms with Crippen molar-refractivity contribution in [2.24, 2.45) is 0 Å². The Balaban J connectivity index is 1.39. The van der Waals surface area contributed by atoms with Crippen LogP contribution in [0.5, 0.6) is 0 Å². The predicted molar refractivity (Wildman–Crippen MR) is 110 cm³/mol. The minimum atomic E-state index is -0.0604. The SMILES string of the molecule is Cc1cccc(CN2CCc3ncc(C(=O)NCc4ccccc4)n3CC2)c1. The van der Waals surface area contributed by atoms with Crippen molar-refractivity contribution in [2.75, 3.05) is 13.1 Å². The number of hydrogen-bond donors (Lipinski definition) is 1. The molecule has 0 atom stereocenters. The first-order chi connectivity index (χ1) is 13.7. The first kappa shape index (κ1) is 18.4. The molecule has 4 rings (SSSR count). The largest absolute Gasteiger partial charge is 0.347 e. The average Bonchev–Trinajstić information content (AvgIpc) is 3.02. The summed E-state index contributed by atoms with van der Waals surface area (Å²) in [6, 6.07) is 18.6. The second kappa shape index (κ2) is 8.40. The molecule has 0 spiro atoms. The number of hydrogen-bond acceptors (Lipinski definition) is 3. The van der Waals surface area contributed by atoms with Crippen LogP contribution in [0.25, 0.3) is 0 Å². The standard InChI is InChI=1S/C23H26N4O/c1-18-6-5-9-20(14-18)17-26-11-10-22-24-16-21(27(22)13-12-26)23(28)25-15-19-7-3-2-4-8-19/h2-9,14,16H,10-13,15,17H2,1H3,(H,25,28). The van der Waals surface area contributed by atoms with Crippen molar-refractivity contribution >= 4 is 5.91 Å². The molecule has 144 valence electrons. The molecule has 0 unspecified atom stereocenters. The van der Waals surface area contributed by atoms with E-state index in [9.17, 15) is 4.79 Å². The van der Waals surface area contributed by atoms with Gasteiger partial charge in [0.25, 0.3) is 5.91 Å². The lowest BCUT2D eigenvalue weighted by atomic mass is 10.1. The van der Waals surface area contributed by atoms with Gasteiger partial charge >= 0.3 is 0 Å². The fraction of sp³-hybridized carbons (Fsp3) is 0.304. The molecule has 5 heteroatoms. The zero-order valence-electron chi connectivity index (χ0n) is 16.3. The number of carbonyl (C=O) groups excluding carboxylic acids is 1. The van der Waals surface area contributed by atoms with Gasteiger partial charge in [-0.3, -0.25) is 9.69 Å². The Morgan fingerprint density at radius 1 is 1.04 bits per heavy atom. The van der Waals surface area contributed by atoms with Crippen LogP contribution >= 0.6 is 0 Å². The topological polar surface area (TPSA) is 50.2 Å². The summed E-state index contributed by atoms with van der Waals surface area (Å²) in [5.41, 5.74) is 4.37. The molecule has 0 bridgehead atoms. The number of fused-ring (bicyclic) bond motifs is 1. The van der Waals surface area contributed by atoms with Crippen LogP contribution in [0.2, 0.25) is 0 Å². The Morgan fingerprint density at radius 2 is 1.86 bits per heavy atom. The summed E-state index contributed by atoms with van der Waals surface area (Å²) < 4.78 is 2.08. The van der Waals surface area contributed by atoms with E-state index in [2.05, 4.69) is 51.0 Å². The molecule has 1 aliphatic heterocycles. The number of carbonyl (C=O) groups is 1. The van der Waals surface area contributed by atoms with Gasteiger partial charge in [-0.25, -0.2) is 4.98 Å². The number of nitrogens with zero attached hydrogens (tertiary/aromatic N) is 3. The maximum Gasteiger partial charge on any atom is 0.269 e. The number of imidazole rings is 1. The number of nitrogens with one attached hydrogen (secondary N) is 1. The predicted octanol–water partition coefficient (Wildman–Crippen LogP) is 3.18. The summed E-state index contributed by atoms with van der Waals surface area (Å²) in [5, 5.41) is 3.02. The van der Waals surface area contributed by atoms with Crippen LogP contribution < -0.4 is 5.32 Å². The molecule has 2 heterocycles. The number of amides is 1. The molecule has 0 saturated heterocycles. The van der Waals surface area contributed by atoms with E-state index in [0.29, 0.717) is 12.2 Å². The van der Waals surface area contributed by atoms with Gasteiger partial charge in [0.05, 0.1) is 6.20 Å². The van der Waals surface area contributed by atoms with Gasteiger partial charge < -0.3 is 9.88 Å². The third kappa shape index (κ3) is 4.31. The van der Waals surface area contributed by atoms with Crippen LogP contribution in [-0.2, 0) is 26.1 Å². The van der Waals surface area contributed by atoms with Gasteiger partial charge in [0.2, 0.25) is 0 Å². The molecule has 28 heavy (non-hydrogen) atoms. The molecule has 5 nitrogen and oxygen atoms in total. The maximum absolute atomic E-state index is 12.7. The summed E-state index contributed by atoms with van der Waals surface area (Å²) in [7, 11) is 0. The Bertz CT molecular complexity index is 948. The first-order valence-electron chi connectivity index (χ1n) is 9.83. The van der Waals surface area contributed by atoms with Gasteiger partial charge in [0.1, 0.15) is 11.5 Å². The van der Waals surface area contributed by atoms with Gasteiger partial charge in [-0.1, -0.05) is 60.2 Å². The number of benzene rings is 2. The highest BCUT2D eigenvalue weighted by Gasteiger charge is 2.20. The second-order valence-electron chi connectivity index (χ2n) is 7.39. The Morgan fingerprint density at radius 3 is 2.68 bits per heavy atom. The van der Waals surface area contributed by atoms with Crippen LogP contribution in [-0.4, -0.2) is 33.4 Å². The zero-order chi connectivity index (χ0) is 19.3. The summed E-state index contributed by atoms with van der Waals surface area (Å²) >= 11 is 0. The van der Waals surface area contributed by atoms with Crippen molar-refractivity contribution in [1.82, 2.24) is 19.8 Å². The fourth-order valence-corrected chi connectivity index (χ4v) is 3.75. The molecule has 2 aromatic carbocycles. The lowest BCUT2D eigenvalue weighted by molar-refractivity contribution is 0.0940. The van der Waals surface area contributed by atoms with Crippen LogP contribution in [0.15, 0.2) is 60.8 Å². The smallest absolute Gasteiger partial charge is 0.269 e. The van der Waals surface area contributed by atoms with Gasteiger partial charge in [-0.15, -0.1) is 0 Å². The van der Waals surface area contributed by atoms with E-state index in [-0.39, 0.29) is 5.91 Å². The van der Waals surface area contributed by atoms with Gasteiger partial charge in [-0.05, 0) is 18.1 Å². The van der Waals surface area contributed by atoms with Crippen LogP contribution in [0.3, 0.4) is 0 Å². The highest BCUT2D eigenvalue weighted by atomic mass is 16.1. The maximum atomic E-state index is 12.7. The van der Waals surface area contributed by atoms with E-state index in [0.717, 1.165) is 44.0 Å². The van der Waals surface area contributed by atoms with Crippen LogP contribution in [0.1, 0.15) is 33.0 Å². The molecule has 1 N–H and O–H groups in total. The molecule has 1 aliphatic rings. The zero-order valence-corrected chi connectivity index (χ0v) is 16.3. The fourth-order valence-electron chi connectivity index (χ4n) is 3.75. The van der Waals surface area contributed by atoms with Crippen LogP contribution in [0, 0.1) is 6.92 Å². The van der Waals surface area contributed by atoms with E-state index in [1.54, 1.807) is 6.20 Å². The Hall–Kier alpha value is -2.92. The Labute approximate surface area is 166 Å². The van der Waals surface area contributed by atoms with Crippen molar-refractivity contribution in [3.63, 3.8) is 0 Å². The van der Waals surface area contributed by atoms with Crippen LogP contribution in [0.4, 0.5) is 0 Å². The van der Waals surface area contributed by atoms with Gasteiger partial charge in [-0.2, -0.15) is 0 Å². The summed E-state index contributed by atoms with van der Waals surface area (Å²) in [6.07, 6.45) is 2.57. The van der Waals surface area contributed by atoms with E-state index in [1.807, 2.05) is 30.3 Å². The lowest BCUT2D eigenvalue weighted by Gasteiger charge is -2.20. The molecule has 3 aromatic rings. The van der Waals surface area contributed by atoms with Gasteiger partial charge in [0, 0.05) is 39.1 Å². The molecule has 0 saturated carbocycles. The highest BCUT2D eigenvalue weighted by molar-refractivity contribution is 5.92. The lowest BCUT2D eigenvalue weighted by Crippen LogP contribution is -2.28. The van der Waals surface area contributed by atoms with E-state index >= 15 is 0 Å².